The summed E-state index contributed by atoms with van der Waals surface area (Å²) in [7, 11) is 0. The zero-order valence-electron chi connectivity index (χ0n) is 8.24. The minimum Gasteiger partial charge on any atom is -0.364 e. The van der Waals surface area contributed by atoms with Gasteiger partial charge in [-0.1, -0.05) is 5.16 Å². The summed E-state index contributed by atoms with van der Waals surface area (Å²) < 4.78 is 5.92. The number of rotatable bonds is 4. The first kappa shape index (κ1) is 10.9. The molecular formula is C10H11BrN2OS. The van der Waals surface area contributed by atoms with Gasteiger partial charge in [0.1, 0.15) is 6.26 Å². The van der Waals surface area contributed by atoms with Gasteiger partial charge in [-0.3, -0.25) is 0 Å². The molecule has 2 rings (SSSR count). The summed E-state index contributed by atoms with van der Waals surface area (Å²) in [5, 5.41) is 9.31. The van der Waals surface area contributed by atoms with Crippen molar-refractivity contribution in [3.8, 4) is 0 Å². The van der Waals surface area contributed by atoms with E-state index in [2.05, 4.69) is 44.8 Å². The van der Waals surface area contributed by atoms with E-state index in [4.69, 9.17) is 4.52 Å². The summed E-state index contributed by atoms with van der Waals surface area (Å²) in [5.74, 6) is 0. The Morgan fingerprint density at radius 3 is 3.07 bits per heavy atom. The first-order valence-electron chi connectivity index (χ1n) is 4.63. The second-order valence-electron chi connectivity index (χ2n) is 3.23. The number of aromatic nitrogens is 1. The van der Waals surface area contributed by atoms with Crippen LogP contribution in [0.5, 0.6) is 0 Å². The number of nitrogens with one attached hydrogen (secondary N) is 1. The molecule has 0 spiro atoms. The summed E-state index contributed by atoms with van der Waals surface area (Å²) in [6.45, 7) is 2.86. The van der Waals surface area contributed by atoms with Crippen LogP contribution < -0.4 is 5.32 Å². The van der Waals surface area contributed by atoms with Crippen LogP contribution in [-0.4, -0.2) is 5.16 Å². The average Bonchev–Trinajstić information content (AvgIpc) is 2.84. The standard InChI is InChI=1S/C10H11BrN2OS/c1-7(10-9(11)3-5-15-10)12-6-8-2-4-14-13-8/h2-5,7,12H,6H2,1H3. The highest BCUT2D eigenvalue weighted by Gasteiger charge is 2.10. The maximum absolute atomic E-state index is 4.76. The van der Waals surface area contributed by atoms with E-state index >= 15 is 0 Å². The van der Waals surface area contributed by atoms with Crippen molar-refractivity contribution in [1.29, 1.82) is 0 Å². The zero-order valence-corrected chi connectivity index (χ0v) is 10.6. The lowest BCUT2D eigenvalue weighted by atomic mass is 10.2. The number of halogens is 1. The molecule has 0 aliphatic heterocycles. The molecule has 0 amide bonds. The molecule has 2 heterocycles. The molecule has 0 aliphatic rings. The van der Waals surface area contributed by atoms with Crippen molar-refractivity contribution in [1.82, 2.24) is 10.5 Å². The first-order chi connectivity index (χ1) is 7.27. The first-order valence-corrected chi connectivity index (χ1v) is 6.30. The minimum atomic E-state index is 0.316. The van der Waals surface area contributed by atoms with E-state index in [0.29, 0.717) is 6.04 Å². The lowest BCUT2D eigenvalue weighted by Gasteiger charge is -2.11. The number of hydrogen-bond acceptors (Lipinski definition) is 4. The molecule has 0 saturated heterocycles. The van der Waals surface area contributed by atoms with Crippen molar-refractivity contribution in [3.63, 3.8) is 0 Å². The van der Waals surface area contributed by atoms with Crippen molar-refractivity contribution < 1.29 is 4.52 Å². The summed E-state index contributed by atoms with van der Waals surface area (Å²) in [6.07, 6.45) is 1.59. The quantitative estimate of drug-likeness (QED) is 0.937. The molecule has 2 aromatic heterocycles. The predicted molar refractivity (Wildman–Crippen MR) is 63.8 cm³/mol. The van der Waals surface area contributed by atoms with Crippen molar-refractivity contribution in [3.05, 3.63) is 38.8 Å². The van der Waals surface area contributed by atoms with Crippen molar-refractivity contribution >= 4 is 27.3 Å². The van der Waals surface area contributed by atoms with Crippen LogP contribution in [0.4, 0.5) is 0 Å². The molecule has 15 heavy (non-hydrogen) atoms. The molecule has 0 bridgehead atoms. The maximum Gasteiger partial charge on any atom is 0.124 e. The second kappa shape index (κ2) is 4.92. The van der Waals surface area contributed by atoms with E-state index in [1.165, 1.54) is 4.88 Å². The third kappa shape index (κ3) is 2.68. The van der Waals surface area contributed by atoms with Crippen LogP contribution in [0.15, 0.2) is 32.8 Å². The Bertz CT molecular complexity index is 413. The highest BCUT2D eigenvalue weighted by atomic mass is 79.9. The van der Waals surface area contributed by atoms with Crippen LogP contribution >= 0.6 is 27.3 Å². The highest BCUT2D eigenvalue weighted by molar-refractivity contribution is 9.10. The van der Waals surface area contributed by atoms with Gasteiger partial charge in [0.15, 0.2) is 0 Å². The van der Waals surface area contributed by atoms with Crippen LogP contribution in [0.25, 0.3) is 0 Å². The molecule has 5 heteroatoms. The van der Waals surface area contributed by atoms with Gasteiger partial charge in [0.25, 0.3) is 0 Å². The molecular weight excluding hydrogens is 276 g/mol. The molecule has 0 aliphatic carbocycles. The molecule has 1 N–H and O–H groups in total. The Balaban J connectivity index is 1.93. The Kier molecular flexibility index (Phi) is 3.56. The average molecular weight is 287 g/mol. The van der Waals surface area contributed by atoms with Gasteiger partial charge in [-0.05, 0) is 34.3 Å². The largest absolute Gasteiger partial charge is 0.364 e. The third-order valence-electron chi connectivity index (χ3n) is 2.12. The van der Waals surface area contributed by atoms with Gasteiger partial charge in [0, 0.05) is 28.0 Å². The fourth-order valence-electron chi connectivity index (χ4n) is 1.29. The van der Waals surface area contributed by atoms with E-state index in [9.17, 15) is 0 Å². The van der Waals surface area contributed by atoms with Crippen LogP contribution in [0, 0.1) is 0 Å². The molecule has 0 saturated carbocycles. The van der Waals surface area contributed by atoms with Gasteiger partial charge in [0.05, 0.1) is 5.69 Å². The van der Waals surface area contributed by atoms with Crippen LogP contribution in [0.1, 0.15) is 23.5 Å². The van der Waals surface area contributed by atoms with E-state index < -0.39 is 0 Å². The number of hydrogen-bond donors (Lipinski definition) is 1. The normalized spacial score (nSPS) is 12.9. The maximum atomic E-state index is 4.76. The Morgan fingerprint density at radius 2 is 2.47 bits per heavy atom. The van der Waals surface area contributed by atoms with Gasteiger partial charge in [0.2, 0.25) is 0 Å². The molecule has 1 atom stereocenters. The summed E-state index contributed by atoms with van der Waals surface area (Å²) in [6, 6.07) is 4.24. The van der Waals surface area contributed by atoms with Gasteiger partial charge in [-0.15, -0.1) is 11.3 Å². The molecule has 0 fully saturated rings. The SMILES string of the molecule is CC(NCc1ccon1)c1sccc1Br. The minimum absolute atomic E-state index is 0.316. The van der Waals surface area contributed by atoms with Gasteiger partial charge in [-0.2, -0.15) is 0 Å². The molecule has 0 aromatic carbocycles. The summed E-state index contributed by atoms with van der Waals surface area (Å²) in [4.78, 5) is 1.30. The van der Waals surface area contributed by atoms with Crippen LogP contribution in [0.3, 0.4) is 0 Å². The second-order valence-corrected chi connectivity index (χ2v) is 5.03. The van der Waals surface area contributed by atoms with E-state index in [0.717, 1.165) is 16.7 Å². The lowest BCUT2D eigenvalue weighted by molar-refractivity contribution is 0.406. The van der Waals surface area contributed by atoms with Crippen molar-refractivity contribution in [2.45, 2.75) is 19.5 Å². The molecule has 0 radical (unpaired) electrons. The Hall–Kier alpha value is -0.650. The van der Waals surface area contributed by atoms with Crippen molar-refractivity contribution in [2.24, 2.45) is 0 Å². The number of thiophene rings is 1. The lowest BCUT2D eigenvalue weighted by Crippen LogP contribution is -2.17. The van der Waals surface area contributed by atoms with Crippen LogP contribution in [0.2, 0.25) is 0 Å². The fraction of sp³-hybridized carbons (Fsp3) is 0.300. The van der Waals surface area contributed by atoms with Crippen molar-refractivity contribution in [2.75, 3.05) is 0 Å². The molecule has 1 unspecified atom stereocenters. The molecule has 2 aromatic rings. The smallest absolute Gasteiger partial charge is 0.124 e. The summed E-state index contributed by atoms with van der Waals surface area (Å²) >= 11 is 5.26. The van der Waals surface area contributed by atoms with Gasteiger partial charge >= 0.3 is 0 Å². The van der Waals surface area contributed by atoms with Gasteiger partial charge in [-0.25, -0.2) is 0 Å². The molecule has 3 nitrogen and oxygen atoms in total. The van der Waals surface area contributed by atoms with E-state index in [1.54, 1.807) is 17.6 Å². The Labute approximate surface area is 101 Å². The topological polar surface area (TPSA) is 38.1 Å². The fourth-order valence-corrected chi connectivity index (χ4v) is 3.04. The van der Waals surface area contributed by atoms with Crippen LogP contribution in [-0.2, 0) is 6.54 Å². The third-order valence-corrected chi connectivity index (χ3v) is 4.17. The number of nitrogens with zero attached hydrogens (tertiary/aromatic N) is 1. The van der Waals surface area contributed by atoms with Gasteiger partial charge < -0.3 is 9.84 Å². The Morgan fingerprint density at radius 1 is 1.60 bits per heavy atom. The van der Waals surface area contributed by atoms with E-state index in [-0.39, 0.29) is 0 Å². The highest BCUT2D eigenvalue weighted by Crippen LogP contribution is 2.28. The molecule has 80 valence electrons. The zero-order chi connectivity index (χ0) is 10.7. The monoisotopic (exact) mass is 286 g/mol. The summed E-state index contributed by atoms with van der Waals surface area (Å²) in [5.41, 5.74) is 0.925. The van der Waals surface area contributed by atoms with E-state index in [1.807, 2.05) is 6.07 Å². The predicted octanol–water partition coefficient (Wildman–Crippen LogP) is 3.35.